The molecule has 1 aromatic carbocycles. The quantitative estimate of drug-likeness (QED) is 0.223. The number of ether oxygens (including phenoxy) is 1. The number of imidazole rings is 1. The first kappa shape index (κ1) is 38.7. The number of rotatable bonds is 9. The van der Waals surface area contributed by atoms with E-state index in [1.54, 1.807) is 45.4 Å². The topological polar surface area (TPSA) is 138 Å². The second-order valence-corrected chi connectivity index (χ2v) is 15.3. The molecule has 3 aliphatic rings. The zero-order valence-corrected chi connectivity index (χ0v) is 33.2. The van der Waals surface area contributed by atoms with Gasteiger partial charge in [-0.05, 0) is 43.9 Å². The van der Waals surface area contributed by atoms with Crippen LogP contribution in [0, 0.1) is 0 Å². The summed E-state index contributed by atoms with van der Waals surface area (Å²) in [4.78, 5) is 57.6. The lowest BCUT2D eigenvalue weighted by Crippen LogP contribution is -2.47. The molecule has 7 rings (SSSR count). The van der Waals surface area contributed by atoms with Gasteiger partial charge in [-0.25, -0.2) is 9.97 Å². The fourth-order valence-electron chi connectivity index (χ4n) is 8.01. The zero-order valence-electron chi connectivity index (χ0n) is 31.7. The van der Waals surface area contributed by atoms with Gasteiger partial charge in [-0.1, -0.05) is 41.4 Å². The molecule has 0 radical (unpaired) electrons. The second kappa shape index (κ2) is 16.7. The van der Waals surface area contributed by atoms with Crippen molar-refractivity contribution < 1.29 is 19.1 Å². The summed E-state index contributed by atoms with van der Waals surface area (Å²) in [5.41, 5.74) is 5.56. The van der Waals surface area contributed by atoms with Crippen molar-refractivity contribution in [3.63, 3.8) is 0 Å². The van der Waals surface area contributed by atoms with Gasteiger partial charge < -0.3 is 29.7 Å². The Morgan fingerprint density at radius 2 is 1.58 bits per heavy atom. The third kappa shape index (κ3) is 8.21. The van der Waals surface area contributed by atoms with Crippen LogP contribution in [-0.4, -0.2) is 104 Å². The molecule has 13 nitrogen and oxygen atoms in total. The molecular formula is C40H47Cl2N9O4. The lowest BCUT2D eigenvalue weighted by Gasteiger charge is -2.39. The van der Waals surface area contributed by atoms with Gasteiger partial charge >= 0.3 is 0 Å². The molecule has 290 valence electrons. The van der Waals surface area contributed by atoms with E-state index in [-0.39, 0.29) is 17.7 Å². The minimum Gasteiger partial charge on any atom is -0.481 e. The summed E-state index contributed by atoms with van der Waals surface area (Å²) >= 11 is 14.0. The van der Waals surface area contributed by atoms with Gasteiger partial charge in [-0.2, -0.15) is 0 Å². The van der Waals surface area contributed by atoms with Gasteiger partial charge in [0.2, 0.25) is 17.7 Å². The number of nitrogens with one attached hydrogen (secondary N) is 2. The molecule has 2 N–H and O–H groups in total. The third-order valence-electron chi connectivity index (χ3n) is 11.2. The number of benzene rings is 1. The minimum atomic E-state index is -0.363. The van der Waals surface area contributed by atoms with E-state index >= 15 is 0 Å². The maximum atomic E-state index is 13.7. The molecule has 0 unspecified atom stereocenters. The van der Waals surface area contributed by atoms with Crippen LogP contribution in [0.4, 0.5) is 5.69 Å². The van der Waals surface area contributed by atoms with E-state index < -0.39 is 0 Å². The molecule has 0 spiro atoms. The summed E-state index contributed by atoms with van der Waals surface area (Å²) in [6, 6.07) is 11.7. The van der Waals surface area contributed by atoms with Crippen LogP contribution in [0.25, 0.3) is 22.5 Å². The first-order valence-corrected chi connectivity index (χ1v) is 19.6. The van der Waals surface area contributed by atoms with Gasteiger partial charge in [-0.15, -0.1) is 0 Å². The van der Waals surface area contributed by atoms with Gasteiger partial charge in [0.1, 0.15) is 0 Å². The Kier molecular flexibility index (Phi) is 11.7. The summed E-state index contributed by atoms with van der Waals surface area (Å²) in [6.45, 7) is 8.41. The molecule has 0 aliphatic carbocycles. The van der Waals surface area contributed by atoms with Crippen molar-refractivity contribution in [2.75, 3.05) is 45.2 Å². The SMILES string of the molecule is COc1nc(-c2ccnc(-c3cccc(NC(=O)c4nc5c(n4C)CCN(C4CCN(C(C)=O)CC4)C5)c3Cl)c2Cl)ccc1CNC1CCN(C(C)=O)CC1. The van der Waals surface area contributed by atoms with E-state index in [4.69, 9.17) is 37.9 Å². The van der Waals surface area contributed by atoms with Crippen LogP contribution in [0.15, 0.2) is 42.6 Å². The molecule has 2 fully saturated rings. The van der Waals surface area contributed by atoms with Gasteiger partial charge in [0.25, 0.3) is 5.91 Å². The summed E-state index contributed by atoms with van der Waals surface area (Å²) in [5, 5.41) is 7.22. The van der Waals surface area contributed by atoms with Gasteiger partial charge in [0.05, 0.1) is 39.9 Å². The molecule has 2 saturated heterocycles. The fraction of sp³-hybridized carbons (Fsp3) is 0.450. The van der Waals surface area contributed by atoms with Crippen molar-refractivity contribution in [2.24, 2.45) is 7.05 Å². The molecule has 6 heterocycles. The molecule has 3 amide bonds. The number of pyridine rings is 2. The Labute approximate surface area is 331 Å². The van der Waals surface area contributed by atoms with E-state index in [0.29, 0.717) is 75.1 Å². The Balaban J connectivity index is 1.04. The van der Waals surface area contributed by atoms with Gasteiger partial charge in [0, 0.05) is 114 Å². The first-order chi connectivity index (χ1) is 26.5. The molecule has 0 atom stereocenters. The van der Waals surface area contributed by atoms with Crippen molar-refractivity contribution >= 4 is 46.6 Å². The average molecular weight is 789 g/mol. The smallest absolute Gasteiger partial charge is 0.291 e. The molecule has 0 bridgehead atoms. The predicted molar refractivity (Wildman–Crippen MR) is 212 cm³/mol. The Hall–Kier alpha value is -4.56. The minimum absolute atomic E-state index is 0.117. The highest BCUT2D eigenvalue weighted by molar-refractivity contribution is 6.39. The second-order valence-electron chi connectivity index (χ2n) is 14.5. The lowest BCUT2D eigenvalue weighted by molar-refractivity contribution is -0.131. The number of fused-ring (bicyclic) bond motifs is 1. The standard InChI is InChI=1S/C40H47Cl2N9O4/c1-24(52)49-17-11-27(12-18-49)44-22-26-8-9-31(47-40(26)55-4)29-10-16-43-37(36(29)42)30-6-5-7-32(35(30)41)46-39(54)38-45-33-23-51(21-15-34(33)48(38)3)28-13-19-50(20-14-28)25(2)53/h5-10,16,27-28,44H,11-15,17-23H2,1-4H3,(H,46,54). The van der Waals surface area contributed by atoms with E-state index in [0.717, 1.165) is 81.8 Å². The van der Waals surface area contributed by atoms with Crippen LogP contribution in [0.2, 0.25) is 10.0 Å². The summed E-state index contributed by atoms with van der Waals surface area (Å²) in [5.74, 6) is 0.684. The van der Waals surface area contributed by atoms with Crippen LogP contribution >= 0.6 is 23.2 Å². The average Bonchev–Trinajstić information content (AvgIpc) is 3.53. The molecular weight excluding hydrogens is 741 g/mol. The Morgan fingerprint density at radius 3 is 2.27 bits per heavy atom. The molecule has 3 aromatic heterocycles. The number of carbonyl (C=O) groups is 3. The van der Waals surface area contributed by atoms with E-state index in [1.165, 1.54) is 0 Å². The number of methoxy groups -OCH3 is 1. The van der Waals surface area contributed by atoms with Crippen molar-refractivity contribution in [2.45, 2.75) is 71.1 Å². The number of hydrogen-bond acceptors (Lipinski definition) is 9. The summed E-state index contributed by atoms with van der Waals surface area (Å²) in [7, 11) is 3.47. The molecule has 15 heteroatoms. The summed E-state index contributed by atoms with van der Waals surface area (Å²) in [6.07, 6.45) is 6.11. The van der Waals surface area contributed by atoms with Crippen molar-refractivity contribution in [3.05, 3.63) is 75.4 Å². The lowest BCUT2D eigenvalue weighted by atomic mass is 10.00. The van der Waals surface area contributed by atoms with Crippen LogP contribution in [0.5, 0.6) is 5.88 Å². The van der Waals surface area contributed by atoms with Crippen molar-refractivity contribution in [3.8, 4) is 28.4 Å². The molecule has 3 aliphatic heterocycles. The highest BCUT2D eigenvalue weighted by atomic mass is 35.5. The molecule has 0 saturated carbocycles. The van der Waals surface area contributed by atoms with Crippen LogP contribution in [0.3, 0.4) is 0 Å². The highest BCUT2D eigenvalue weighted by Gasteiger charge is 2.32. The monoisotopic (exact) mass is 787 g/mol. The fourth-order valence-corrected chi connectivity index (χ4v) is 8.58. The largest absolute Gasteiger partial charge is 0.481 e. The van der Waals surface area contributed by atoms with Gasteiger partial charge in [0.15, 0.2) is 5.82 Å². The van der Waals surface area contributed by atoms with Crippen LogP contribution in [0.1, 0.15) is 67.1 Å². The number of aromatic nitrogens is 4. The predicted octanol–water partition coefficient (Wildman–Crippen LogP) is 5.58. The van der Waals surface area contributed by atoms with Crippen LogP contribution in [-0.2, 0) is 36.1 Å². The number of carbonyl (C=O) groups excluding carboxylic acids is 3. The molecule has 55 heavy (non-hydrogen) atoms. The number of amides is 3. The highest BCUT2D eigenvalue weighted by Crippen LogP contribution is 2.40. The maximum Gasteiger partial charge on any atom is 0.291 e. The van der Waals surface area contributed by atoms with Crippen molar-refractivity contribution in [1.82, 2.24) is 39.5 Å². The van der Waals surface area contributed by atoms with E-state index in [9.17, 15) is 14.4 Å². The van der Waals surface area contributed by atoms with Crippen LogP contribution < -0.4 is 15.4 Å². The number of likely N-dealkylation sites (tertiary alicyclic amines) is 2. The van der Waals surface area contributed by atoms with E-state index in [1.807, 2.05) is 39.6 Å². The number of anilines is 1. The normalized spacial score (nSPS) is 16.9. The van der Waals surface area contributed by atoms with Gasteiger partial charge in [-0.3, -0.25) is 24.3 Å². The number of hydrogen-bond donors (Lipinski definition) is 2. The number of nitrogens with zero attached hydrogens (tertiary/aromatic N) is 7. The van der Waals surface area contributed by atoms with E-state index in [2.05, 4.69) is 20.5 Å². The maximum absolute atomic E-state index is 13.7. The van der Waals surface area contributed by atoms with Crippen molar-refractivity contribution in [1.29, 1.82) is 0 Å². The third-order valence-corrected chi connectivity index (χ3v) is 12.0. The zero-order chi connectivity index (χ0) is 38.8. The Morgan fingerprint density at radius 1 is 0.873 bits per heavy atom. The summed E-state index contributed by atoms with van der Waals surface area (Å²) < 4.78 is 7.57. The first-order valence-electron chi connectivity index (χ1n) is 18.8. The Bertz CT molecular complexity index is 2090. The molecule has 4 aromatic rings. The number of halogens is 2. The number of piperidine rings is 2.